The minimum absolute atomic E-state index is 0.0411. The number of nitrogens with one attached hydrogen (secondary N) is 1. The molecule has 6 nitrogen and oxygen atoms in total. The Bertz CT molecular complexity index is 731. The molecule has 1 fully saturated rings. The van der Waals surface area contributed by atoms with E-state index in [1.807, 2.05) is 35.2 Å². The molecule has 24 heavy (non-hydrogen) atoms. The summed E-state index contributed by atoms with van der Waals surface area (Å²) in [6, 6.07) is 11.9. The van der Waals surface area contributed by atoms with Gasteiger partial charge in [0.2, 0.25) is 0 Å². The van der Waals surface area contributed by atoms with Crippen molar-refractivity contribution in [3.63, 3.8) is 0 Å². The van der Waals surface area contributed by atoms with Crippen molar-refractivity contribution >= 4 is 22.4 Å². The maximum Gasteiger partial charge on any atom is 0.273 e. The van der Waals surface area contributed by atoms with Crippen molar-refractivity contribution in [2.75, 3.05) is 38.5 Å². The van der Waals surface area contributed by atoms with Crippen LogP contribution in [-0.2, 0) is 0 Å². The Morgan fingerprint density at radius 2 is 2.00 bits per heavy atom. The van der Waals surface area contributed by atoms with Crippen LogP contribution in [0.1, 0.15) is 22.1 Å². The molecule has 1 amide bonds. The zero-order valence-electron chi connectivity index (χ0n) is 13.5. The fourth-order valence-electron chi connectivity index (χ4n) is 2.83. The highest BCUT2D eigenvalue weighted by atomic mass is 32.1. The molecule has 2 aromatic rings. The van der Waals surface area contributed by atoms with Crippen LogP contribution in [0.15, 0.2) is 35.7 Å². The molecule has 0 saturated carbocycles. The van der Waals surface area contributed by atoms with Gasteiger partial charge in [-0.05, 0) is 5.56 Å². The second-order valence-electron chi connectivity index (χ2n) is 5.56. The number of rotatable bonds is 4. The lowest BCUT2D eigenvalue weighted by molar-refractivity contribution is 0.0601. The molecule has 1 unspecified atom stereocenters. The third kappa shape index (κ3) is 3.40. The molecule has 1 saturated heterocycles. The van der Waals surface area contributed by atoms with E-state index in [1.165, 1.54) is 11.3 Å². The topological polar surface area (TPSA) is 72.3 Å². The Kier molecular flexibility index (Phi) is 5.08. The molecule has 124 valence electrons. The van der Waals surface area contributed by atoms with Gasteiger partial charge in [0.15, 0.2) is 5.13 Å². The van der Waals surface area contributed by atoms with Gasteiger partial charge >= 0.3 is 0 Å². The number of nitrogens with zero attached hydrogens (tertiary/aromatic N) is 4. The largest absolute Gasteiger partial charge is 0.365 e. The second-order valence-corrected chi connectivity index (χ2v) is 6.42. The third-order valence-electron chi connectivity index (χ3n) is 4.14. The van der Waals surface area contributed by atoms with Gasteiger partial charge in [-0.1, -0.05) is 30.3 Å². The van der Waals surface area contributed by atoms with Crippen molar-refractivity contribution in [1.82, 2.24) is 14.8 Å². The monoisotopic (exact) mass is 341 g/mol. The van der Waals surface area contributed by atoms with Gasteiger partial charge in [-0.2, -0.15) is 5.26 Å². The molecule has 3 rings (SSSR count). The number of carbonyl (C=O) groups excluding carboxylic acids is 1. The van der Waals surface area contributed by atoms with Crippen LogP contribution < -0.4 is 5.32 Å². The van der Waals surface area contributed by atoms with Crippen molar-refractivity contribution in [2.45, 2.75) is 6.04 Å². The number of piperazine rings is 1. The van der Waals surface area contributed by atoms with Gasteiger partial charge in [-0.3, -0.25) is 9.69 Å². The van der Waals surface area contributed by atoms with Crippen molar-refractivity contribution in [1.29, 1.82) is 5.26 Å². The molecule has 0 radical (unpaired) electrons. The zero-order valence-corrected chi connectivity index (χ0v) is 14.3. The van der Waals surface area contributed by atoms with Gasteiger partial charge in [0.25, 0.3) is 5.91 Å². The zero-order chi connectivity index (χ0) is 16.9. The molecule has 1 aromatic heterocycles. The molecule has 1 aliphatic heterocycles. The number of anilines is 1. The van der Waals surface area contributed by atoms with E-state index in [4.69, 9.17) is 0 Å². The quantitative estimate of drug-likeness (QED) is 0.923. The average Bonchev–Trinajstić information content (AvgIpc) is 3.12. The van der Waals surface area contributed by atoms with Gasteiger partial charge in [0.05, 0.1) is 6.07 Å². The van der Waals surface area contributed by atoms with Gasteiger partial charge in [0, 0.05) is 38.6 Å². The van der Waals surface area contributed by atoms with Crippen molar-refractivity contribution in [3.8, 4) is 6.07 Å². The highest BCUT2D eigenvalue weighted by Gasteiger charge is 2.28. The summed E-state index contributed by atoms with van der Waals surface area (Å²) in [5.74, 6) is -0.0411. The first-order valence-electron chi connectivity index (χ1n) is 7.84. The van der Waals surface area contributed by atoms with E-state index < -0.39 is 0 Å². The second kappa shape index (κ2) is 7.43. The first-order chi connectivity index (χ1) is 11.7. The summed E-state index contributed by atoms with van der Waals surface area (Å²) in [5, 5.41) is 15.0. The Morgan fingerprint density at radius 1 is 1.29 bits per heavy atom. The molecule has 1 N–H and O–H groups in total. The molecule has 2 heterocycles. The lowest BCUT2D eigenvalue weighted by Gasteiger charge is -2.36. The number of thiazole rings is 1. The molecule has 1 aromatic carbocycles. The van der Waals surface area contributed by atoms with Gasteiger partial charge in [-0.15, -0.1) is 11.3 Å². The molecular weight excluding hydrogens is 322 g/mol. The predicted molar refractivity (Wildman–Crippen MR) is 93.9 cm³/mol. The minimum atomic E-state index is -0.265. The number of aromatic nitrogens is 1. The Labute approximate surface area is 145 Å². The number of amides is 1. The molecule has 1 aliphatic rings. The summed E-state index contributed by atoms with van der Waals surface area (Å²) >= 11 is 1.43. The number of carbonyl (C=O) groups is 1. The highest BCUT2D eigenvalue weighted by molar-refractivity contribution is 7.13. The van der Waals surface area contributed by atoms with Crippen LogP contribution in [-0.4, -0.2) is 53.9 Å². The maximum absolute atomic E-state index is 12.5. The predicted octanol–water partition coefficient (Wildman–Crippen LogP) is 2.21. The highest BCUT2D eigenvalue weighted by Crippen LogP contribution is 2.22. The SMILES string of the molecule is CNc1nc(C(=O)N2CCN(C(C#N)c3ccccc3)CC2)cs1. The van der Waals surface area contributed by atoms with E-state index in [-0.39, 0.29) is 11.9 Å². The van der Waals surface area contributed by atoms with E-state index in [1.54, 1.807) is 12.4 Å². The standard InChI is InChI=1S/C17H19N5OS/c1-19-17-20-14(12-24-17)16(23)22-9-7-21(8-10-22)15(11-18)13-5-3-2-4-6-13/h2-6,12,15H,7-10H2,1H3,(H,19,20). The lowest BCUT2D eigenvalue weighted by atomic mass is 10.1. The fraction of sp³-hybridized carbons (Fsp3) is 0.353. The first kappa shape index (κ1) is 16.4. The van der Waals surface area contributed by atoms with Crippen LogP contribution in [0.3, 0.4) is 0 Å². The van der Waals surface area contributed by atoms with Gasteiger partial charge in [-0.25, -0.2) is 4.98 Å². The van der Waals surface area contributed by atoms with Crippen molar-refractivity contribution in [2.24, 2.45) is 0 Å². The Morgan fingerprint density at radius 3 is 2.58 bits per heavy atom. The summed E-state index contributed by atoms with van der Waals surface area (Å²) in [5.41, 5.74) is 1.48. The Balaban J connectivity index is 1.63. The normalized spacial score (nSPS) is 16.4. The lowest BCUT2D eigenvalue weighted by Crippen LogP contribution is -2.49. The minimum Gasteiger partial charge on any atom is -0.365 e. The van der Waals surface area contributed by atoms with Crippen LogP contribution in [0.25, 0.3) is 0 Å². The maximum atomic E-state index is 12.5. The van der Waals surface area contributed by atoms with Crippen molar-refractivity contribution in [3.05, 3.63) is 47.0 Å². The smallest absolute Gasteiger partial charge is 0.273 e. The first-order valence-corrected chi connectivity index (χ1v) is 8.72. The molecule has 7 heteroatoms. The number of hydrogen-bond acceptors (Lipinski definition) is 6. The van der Waals surface area contributed by atoms with Gasteiger partial charge in [0.1, 0.15) is 11.7 Å². The van der Waals surface area contributed by atoms with Crippen LogP contribution in [0.4, 0.5) is 5.13 Å². The van der Waals surface area contributed by atoms with Crippen LogP contribution >= 0.6 is 11.3 Å². The fourth-order valence-corrected chi connectivity index (χ4v) is 3.48. The average molecular weight is 341 g/mol. The van der Waals surface area contributed by atoms with E-state index in [2.05, 4.69) is 21.3 Å². The summed E-state index contributed by atoms with van der Waals surface area (Å²) in [6.45, 7) is 2.58. The molecule has 0 bridgehead atoms. The van der Waals surface area contributed by atoms with E-state index in [0.717, 1.165) is 10.7 Å². The van der Waals surface area contributed by atoms with E-state index in [0.29, 0.717) is 31.9 Å². The van der Waals surface area contributed by atoms with E-state index >= 15 is 0 Å². The van der Waals surface area contributed by atoms with Gasteiger partial charge < -0.3 is 10.2 Å². The number of benzene rings is 1. The molecule has 1 atom stereocenters. The number of hydrogen-bond donors (Lipinski definition) is 1. The third-order valence-corrected chi connectivity index (χ3v) is 5.00. The molecule has 0 spiro atoms. The van der Waals surface area contributed by atoms with Crippen molar-refractivity contribution < 1.29 is 4.79 Å². The summed E-state index contributed by atoms with van der Waals surface area (Å²) < 4.78 is 0. The molecular formula is C17H19N5OS. The van der Waals surface area contributed by atoms with Crippen LogP contribution in [0.5, 0.6) is 0 Å². The van der Waals surface area contributed by atoms with E-state index in [9.17, 15) is 10.1 Å². The summed E-state index contributed by atoms with van der Waals surface area (Å²) in [6.07, 6.45) is 0. The summed E-state index contributed by atoms with van der Waals surface area (Å²) in [7, 11) is 1.79. The molecule has 0 aliphatic carbocycles. The van der Waals surface area contributed by atoms with Crippen LogP contribution in [0.2, 0.25) is 0 Å². The Hall–Kier alpha value is -2.43. The number of nitriles is 1. The summed E-state index contributed by atoms with van der Waals surface area (Å²) in [4.78, 5) is 20.7. The van der Waals surface area contributed by atoms with Crippen LogP contribution in [0, 0.1) is 11.3 Å².